The summed E-state index contributed by atoms with van der Waals surface area (Å²) in [7, 11) is 0. The molecule has 9 aromatic rings. The van der Waals surface area contributed by atoms with Crippen LogP contribution in [0, 0.1) is 54.4 Å². The largest absolute Gasteiger partial charge is 0.334 e. The Hall–Kier alpha value is -9.38. The molecule has 0 aliphatic heterocycles. The third-order valence-electron chi connectivity index (χ3n) is 18.5. The summed E-state index contributed by atoms with van der Waals surface area (Å²) in [5.74, 6) is 0.473. The van der Waals surface area contributed by atoms with E-state index < -0.39 is 5.41 Å². The molecule has 5 aliphatic rings. The zero-order valence-corrected chi connectivity index (χ0v) is 50.3. The number of rotatable bonds is 12. The molecule has 4 unspecified atom stereocenters. The molecular weight excluding hydrogens is 1030 g/mol. The predicted molar refractivity (Wildman–Crippen MR) is 359 cm³/mol. The summed E-state index contributed by atoms with van der Waals surface area (Å²) in [5.41, 5.74) is 30.3. The van der Waals surface area contributed by atoms with Gasteiger partial charge in [0.25, 0.3) is 0 Å². The van der Waals surface area contributed by atoms with Crippen molar-refractivity contribution in [1.29, 1.82) is 0 Å². The summed E-state index contributed by atoms with van der Waals surface area (Å²) in [6.45, 7) is 17.6. The second kappa shape index (κ2) is 21.7. The van der Waals surface area contributed by atoms with Gasteiger partial charge in [-0.05, 0) is 233 Å². The van der Waals surface area contributed by atoms with Crippen LogP contribution in [0.25, 0.3) is 11.1 Å². The van der Waals surface area contributed by atoms with Crippen LogP contribution in [0.2, 0.25) is 0 Å². The first kappa shape index (κ1) is 53.6. The van der Waals surface area contributed by atoms with Crippen molar-refractivity contribution in [3.63, 3.8) is 0 Å². The Labute approximate surface area is 504 Å². The molecule has 0 bridgehead atoms. The van der Waals surface area contributed by atoms with E-state index in [0.29, 0.717) is 5.92 Å². The Bertz CT molecular complexity index is 4070. The average molecular weight is 1100 g/mol. The Balaban J connectivity index is 1.06. The number of allylic oxidation sites excluding steroid dienone is 7. The van der Waals surface area contributed by atoms with E-state index in [1.807, 2.05) is 0 Å². The maximum Gasteiger partial charge on any atom is 0.0688 e. The van der Waals surface area contributed by atoms with Crippen molar-refractivity contribution in [2.24, 2.45) is 5.92 Å². The molecule has 14 rings (SSSR count). The van der Waals surface area contributed by atoms with Crippen molar-refractivity contribution in [2.75, 3.05) is 19.6 Å². The molecule has 4 atom stereocenters. The molecular formula is C81H74N4. The maximum atomic E-state index is 2.70. The number of benzene rings is 9. The fourth-order valence-electron chi connectivity index (χ4n) is 14.0. The molecule has 0 saturated heterocycles. The minimum Gasteiger partial charge on any atom is -0.334 e. The molecule has 4 nitrogen and oxygen atoms in total. The maximum absolute atomic E-state index is 2.70. The van der Waals surface area contributed by atoms with Gasteiger partial charge in [-0.1, -0.05) is 179 Å². The van der Waals surface area contributed by atoms with Crippen LogP contribution in [0.5, 0.6) is 0 Å². The molecule has 9 aromatic carbocycles. The number of fused-ring (bicyclic) bond motifs is 9. The van der Waals surface area contributed by atoms with Crippen molar-refractivity contribution in [3.05, 3.63) is 327 Å². The monoisotopic (exact) mass is 1100 g/mol. The SMILES string of the molecule is Cc1ccc(N(C2=CCC(C)C=C2)c2ccc3c(c2)C2(C4=CC(N(c5ccc(C)cc5)c5ccc(C)cc5)CC=C4C4=C2CC(N(c2ccc(C)cc2)c2ccc(C)cc2)C=C4)c2cc(N(c4ccc(C)cc4)c4ccc(C)cc4)ccc2-3)cc1. The van der Waals surface area contributed by atoms with Crippen LogP contribution in [0.3, 0.4) is 0 Å². The van der Waals surface area contributed by atoms with Crippen LogP contribution in [-0.2, 0) is 5.41 Å². The van der Waals surface area contributed by atoms with Crippen LogP contribution in [-0.4, -0.2) is 12.1 Å². The molecule has 0 fully saturated rings. The molecule has 0 amide bonds. The standard InChI is InChI=1S/C81H74N4/c1-53-9-25-61(26-10-53)82(62-27-11-54(2)12-28-62)69-41-45-73-74-46-42-70(83(63-29-13-55(3)14-30-63)64-31-15-56(4)16-32-64)50-78(74)81(77(73)49-69)79-51-71(84(65-33-17-57(5)18-34-65)66-35-19-58(6)20-36-66)43-47-75(79)76-48-44-72(52-80(76)81)85(67-37-21-59(7)22-38-67)68-39-23-60(8)24-40-68/h9-23,25-41,43-48,50-52,60,69-70H,24,42,49H2,1-8H3. The van der Waals surface area contributed by atoms with Gasteiger partial charge in [-0.15, -0.1) is 0 Å². The Kier molecular flexibility index (Phi) is 13.7. The van der Waals surface area contributed by atoms with Crippen molar-refractivity contribution in [3.8, 4) is 11.1 Å². The third kappa shape index (κ3) is 9.59. The molecule has 85 heavy (non-hydrogen) atoms. The zero-order valence-electron chi connectivity index (χ0n) is 50.3. The van der Waals surface area contributed by atoms with Crippen LogP contribution in [0.4, 0.5) is 51.2 Å². The van der Waals surface area contributed by atoms with Gasteiger partial charge < -0.3 is 19.6 Å². The van der Waals surface area contributed by atoms with E-state index in [4.69, 9.17) is 0 Å². The molecule has 0 heterocycles. The van der Waals surface area contributed by atoms with Crippen LogP contribution in [0.15, 0.2) is 277 Å². The normalized spacial score (nSPS) is 18.9. The molecule has 418 valence electrons. The lowest BCUT2D eigenvalue weighted by Crippen LogP contribution is -2.37. The molecule has 1 spiro atoms. The summed E-state index contributed by atoms with van der Waals surface area (Å²) < 4.78 is 0. The number of hydrogen-bond donors (Lipinski definition) is 0. The third-order valence-corrected chi connectivity index (χ3v) is 18.5. The Morgan fingerprint density at radius 1 is 0.365 bits per heavy atom. The summed E-state index contributed by atoms with van der Waals surface area (Å²) in [4.78, 5) is 10.2. The van der Waals surface area contributed by atoms with Crippen molar-refractivity contribution >= 4 is 51.2 Å². The summed E-state index contributed by atoms with van der Waals surface area (Å²) >= 11 is 0. The van der Waals surface area contributed by atoms with Gasteiger partial charge >= 0.3 is 0 Å². The highest BCUT2D eigenvalue weighted by atomic mass is 15.2. The second-order valence-electron chi connectivity index (χ2n) is 24.7. The van der Waals surface area contributed by atoms with E-state index in [2.05, 4.69) is 324 Å². The highest BCUT2D eigenvalue weighted by Crippen LogP contribution is 2.67. The van der Waals surface area contributed by atoms with Gasteiger partial charge in [-0.25, -0.2) is 0 Å². The smallest absolute Gasteiger partial charge is 0.0688 e. The van der Waals surface area contributed by atoms with Crippen LogP contribution in [0.1, 0.15) is 76.3 Å². The van der Waals surface area contributed by atoms with E-state index >= 15 is 0 Å². The van der Waals surface area contributed by atoms with Crippen molar-refractivity contribution in [1.82, 2.24) is 0 Å². The van der Waals surface area contributed by atoms with Gasteiger partial charge in [0, 0.05) is 56.9 Å². The highest BCUT2D eigenvalue weighted by molar-refractivity contribution is 5.95. The predicted octanol–water partition coefficient (Wildman–Crippen LogP) is 21.1. The topological polar surface area (TPSA) is 13.0 Å². The lowest BCUT2D eigenvalue weighted by molar-refractivity contribution is 0.649. The number of hydrogen-bond acceptors (Lipinski definition) is 4. The quantitative estimate of drug-likeness (QED) is 0.121. The first-order chi connectivity index (χ1) is 41.4. The van der Waals surface area contributed by atoms with Crippen LogP contribution < -0.4 is 19.6 Å². The van der Waals surface area contributed by atoms with Gasteiger partial charge in [0.15, 0.2) is 0 Å². The molecule has 0 aromatic heterocycles. The number of aryl methyl sites for hydroxylation is 7. The molecule has 4 heteroatoms. The number of nitrogens with zero attached hydrogens (tertiary/aromatic N) is 4. The van der Waals surface area contributed by atoms with E-state index in [-0.39, 0.29) is 12.1 Å². The summed E-state index contributed by atoms with van der Waals surface area (Å²) in [6, 6.07) is 78.7. The fraction of sp³-hybridized carbons (Fsp3) is 0.185. The first-order valence-electron chi connectivity index (χ1n) is 30.6. The average Bonchev–Trinajstić information content (AvgIpc) is 1.62. The van der Waals surface area contributed by atoms with Gasteiger partial charge in [-0.3, -0.25) is 0 Å². The Morgan fingerprint density at radius 3 is 1.15 bits per heavy atom. The van der Waals surface area contributed by atoms with Gasteiger partial charge in [0.1, 0.15) is 0 Å². The molecule has 5 aliphatic carbocycles. The van der Waals surface area contributed by atoms with E-state index in [1.165, 1.54) is 112 Å². The van der Waals surface area contributed by atoms with Crippen LogP contribution >= 0.6 is 0 Å². The van der Waals surface area contributed by atoms with E-state index in [1.54, 1.807) is 0 Å². The van der Waals surface area contributed by atoms with Gasteiger partial charge in [0.05, 0.1) is 17.5 Å². The fourth-order valence-corrected chi connectivity index (χ4v) is 14.0. The lowest BCUT2D eigenvalue weighted by Gasteiger charge is -2.41. The minimum atomic E-state index is -0.714. The first-order valence-corrected chi connectivity index (χ1v) is 30.6. The van der Waals surface area contributed by atoms with Gasteiger partial charge in [-0.2, -0.15) is 0 Å². The van der Waals surface area contributed by atoms with E-state index in [0.717, 1.165) is 47.7 Å². The molecule has 0 saturated carbocycles. The molecule has 0 radical (unpaired) electrons. The van der Waals surface area contributed by atoms with Crippen molar-refractivity contribution in [2.45, 2.75) is 92.2 Å². The number of anilines is 9. The molecule has 0 N–H and O–H groups in total. The van der Waals surface area contributed by atoms with Crippen molar-refractivity contribution < 1.29 is 0 Å². The minimum absolute atomic E-state index is 0.00200. The summed E-state index contributed by atoms with van der Waals surface area (Å²) in [5, 5.41) is 0. The van der Waals surface area contributed by atoms with E-state index in [9.17, 15) is 0 Å². The Morgan fingerprint density at radius 2 is 0.741 bits per heavy atom. The zero-order chi connectivity index (χ0) is 58.1. The summed E-state index contributed by atoms with van der Waals surface area (Å²) in [6.07, 6.45) is 20.1. The van der Waals surface area contributed by atoms with Gasteiger partial charge in [0.2, 0.25) is 0 Å². The second-order valence-corrected chi connectivity index (χ2v) is 24.7. The lowest BCUT2D eigenvalue weighted by atomic mass is 9.66. The highest BCUT2D eigenvalue weighted by Gasteiger charge is 2.57.